The topological polar surface area (TPSA) is 122 Å². The van der Waals surface area contributed by atoms with E-state index < -0.39 is 50.8 Å². The van der Waals surface area contributed by atoms with Gasteiger partial charge in [-0.1, -0.05) is 18.2 Å². The number of hydrogen-bond donors (Lipinski definition) is 2. The van der Waals surface area contributed by atoms with Crippen LogP contribution in [0.4, 0.5) is 18.9 Å². The molecule has 9 nitrogen and oxygen atoms in total. The number of ether oxygens (including phenoxy) is 1. The van der Waals surface area contributed by atoms with E-state index in [9.17, 15) is 36.0 Å². The van der Waals surface area contributed by atoms with E-state index >= 15 is 0 Å². The van der Waals surface area contributed by atoms with Crippen molar-refractivity contribution in [3.05, 3.63) is 53.6 Å². The molecule has 2 N–H and O–H groups in total. The summed E-state index contributed by atoms with van der Waals surface area (Å²) >= 11 is 0. The fraction of sp³-hybridized carbons (Fsp3) is 0.250. The van der Waals surface area contributed by atoms with Crippen LogP contribution >= 0.6 is 0 Å². The first kappa shape index (κ1) is 22.6. The van der Waals surface area contributed by atoms with Crippen molar-refractivity contribution in [2.24, 2.45) is 0 Å². The average molecular weight is 483 g/mol. The molecule has 174 valence electrons. The van der Waals surface area contributed by atoms with Crippen LogP contribution in [-0.2, 0) is 26.2 Å². The molecular weight excluding hydrogens is 467 g/mol. The number of halogens is 3. The van der Waals surface area contributed by atoms with Crippen molar-refractivity contribution in [3.8, 4) is 5.75 Å². The summed E-state index contributed by atoms with van der Waals surface area (Å²) in [5.41, 5.74) is 0.613. The van der Waals surface area contributed by atoms with Gasteiger partial charge in [0.25, 0.3) is 15.9 Å². The third-order valence-corrected chi connectivity index (χ3v) is 6.57. The van der Waals surface area contributed by atoms with Gasteiger partial charge in [-0.15, -0.1) is 13.2 Å². The number of anilines is 1. The third-order valence-electron chi connectivity index (χ3n) is 5.14. The molecule has 1 saturated heterocycles. The highest BCUT2D eigenvalue weighted by molar-refractivity contribution is 7.92. The fourth-order valence-corrected chi connectivity index (χ4v) is 4.89. The summed E-state index contributed by atoms with van der Waals surface area (Å²) in [7, 11) is -4.50. The molecule has 13 heteroatoms. The molecule has 0 bridgehead atoms. The van der Waals surface area contributed by atoms with Crippen molar-refractivity contribution in [1.82, 2.24) is 10.2 Å². The van der Waals surface area contributed by atoms with Gasteiger partial charge in [-0.25, -0.2) is 8.42 Å². The number of hydrogen-bond acceptors (Lipinski definition) is 6. The second-order valence-electron chi connectivity index (χ2n) is 7.37. The van der Waals surface area contributed by atoms with Gasteiger partial charge in [-0.3, -0.25) is 24.4 Å². The minimum atomic E-state index is -5.09. The number of fused-ring (bicyclic) bond motifs is 1. The number of benzene rings is 2. The van der Waals surface area contributed by atoms with Crippen molar-refractivity contribution in [3.63, 3.8) is 0 Å². The smallest absolute Gasteiger partial charge is 0.404 e. The number of piperidine rings is 1. The second-order valence-corrected chi connectivity index (χ2v) is 9.02. The highest BCUT2D eigenvalue weighted by atomic mass is 32.2. The molecule has 0 aromatic heterocycles. The summed E-state index contributed by atoms with van der Waals surface area (Å²) < 4.78 is 69.4. The molecule has 0 spiro atoms. The Kier molecular flexibility index (Phi) is 5.52. The van der Waals surface area contributed by atoms with E-state index in [1.165, 1.54) is 35.2 Å². The summed E-state index contributed by atoms with van der Waals surface area (Å²) in [6, 6.07) is 7.49. The Labute approximate surface area is 185 Å². The molecule has 33 heavy (non-hydrogen) atoms. The molecule has 1 fully saturated rings. The van der Waals surface area contributed by atoms with Gasteiger partial charge in [0, 0.05) is 24.2 Å². The normalized spacial score (nSPS) is 18.7. The van der Waals surface area contributed by atoms with Crippen LogP contribution in [0.1, 0.15) is 28.8 Å². The molecule has 2 aliphatic rings. The Bertz CT molecular complexity index is 1260. The zero-order chi connectivity index (χ0) is 24.0. The molecule has 0 saturated carbocycles. The van der Waals surface area contributed by atoms with E-state index in [1.807, 2.05) is 0 Å². The Morgan fingerprint density at radius 1 is 1.09 bits per heavy atom. The van der Waals surface area contributed by atoms with Crippen molar-refractivity contribution < 1.29 is 40.7 Å². The first-order chi connectivity index (χ1) is 15.4. The predicted molar refractivity (Wildman–Crippen MR) is 106 cm³/mol. The highest BCUT2D eigenvalue weighted by Crippen LogP contribution is 2.33. The summed E-state index contributed by atoms with van der Waals surface area (Å²) in [5, 5.41) is 2.18. The zero-order valence-electron chi connectivity index (χ0n) is 16.7. The lowest BCUT2D eigenvalue weighted by molar-refractivity contribution is -0.275. The van der Waals surface area contributed by atoms with Crippen LogP contribution in [0.15, 0.2) is 47.4 Å². The number of amides is 3. The highest BCUT2D eigenvalue weighted by Gasteiger charge is 2.39. The summed E-state index contributed by atoms with van der Waals surface area (Å²) in [6.45, 7) is 0.0930. The number of alkyl halides is 3. The molecule has 2 aromatic rings. The average Bonchev–Trinajstić information content (AvgIpc) is 3.03. The van der Waals surface area contributed by atoms with Crippen LogP contribution in [-0.4, -0.2) is 43.4 Å². The Balaban J connectivity index is 1.57. The Morgan fingerprint density at radius 2 is 1.82 bits per heavy atom. The number of carbonyl (C=O) groups is 3. The molecule has 0 aliphatic carbocycles. The number of rotatable bonds is 5. The molecule has 2 heterocycles. The lowest BCUT2D eigenvalue weighted by atomic mass is 10.0. The van der Waals surface area contributed by atoms with Crippen LogP contribution in [0.5, 0.6) is 5.75 Å². The van der Waals surface area contributed by atoms with Gasteiger partial charge in [-0.05, 0) is 36.2 Å². The van der Waals surface area contributed by atoms with E-state index in [1.54, 1.807) is 0 Å². The van der Waals surface area contributed by atoms with Crippen molar-refractivity contribution >= 4 is 33.4 Å². The van der Waals surface area contributed by atoms with Gasteiger partial charge in [0.1, 0.15) is 16.7 Å². The number of carbonyl (C=O) groups excluding carboxylic acids is 3. The van der Waals surface area contributed by atoms with E-state index in [0.29, 0.717) is 5.56 Å². The maximum Gasteiger partial charge on any atom is 0.573 e. The van der Waals surface area contributed by atoms with Gasteiger partial charge >= 0.3 is 6.36 Å². The lowest BCUT2D eigenvalue weighted by Gasteiger charge is -2.29. The monoisotopic (exact) mass is 483 g/mol. The third kappa shape index (κ3) is 4.62. The van der Waals surface area contributed by atoms with Gasteiger partial charge in [0.15, 0.2) is 0 Å². The Morgan fingerprint density at radius 3 is 2.52 bits per heavy atom. The summed E-state index contributed by atoms with van der Waals surface area (Å²) in [5.74, 6) is -2.44. The van der Waals surface area contributed by atoms with Gasteiger partial charge < -0.3 is 9.64 Å². The van der Waals surface area contributed by atoms with Crippen LogP contribution in [0, 0.1) is 0 Å². The first-order valence-electron chi connectivity index (χ1n) is 9.60. The molecular formula is C20H16F3N3O6S. The van der Waals surface area contributed by atoms with Crippen molar-refractivity contribution in [2.75, 3.05) is 4.72 Å². The van der Waals surface area contributed by atoms with E-state index in [0.717, 1.165) is 12.1 Å². The fourth-order valence-electron chi connectivity index (χ4n) is 3.71. The molecule has 2 aromatic carbocycles. The SMILES string of the molecule is O=C1CCC(N2Cc3ccc(NS(=O)(=O)c4ccccc4OC(F)(F)F)cc3C2=O)C(=O)N1. The van der Waals surface area contributed by atoms with E-state index in [-0.39, 0.29) is 30.6 Å². The maximum atomic E-state index is 12.9. The second kappa shape index (κ2) is 8.06. The minimum Gasteiger partial charge on any atom is -0.404 e. The van der Waals surface area contributed by atoms with Crippen molar-refractivity contribution in [2.45, 2.75) is 36.7 Å². The largest absolute Gasteiger partial charge is 0.573 e. The standard InChI is InChI=1S/C20H16F3N3O6S/c21-20(22,23)32-15-3-1-2-4-16(15)33(30,31)25-12-6-5-11-10-26(19(29)13(11)9-12)14-7-8-17(27)24-18(14)28/h1-6,9,14,25H,7-8,10H2,(H,24,27,28). The molecule has 2 aliphatic heterocycles. The number of sulfonamides is 1. The first-order valence-corrected chi connectivity index (χ1v) is 11.1. The summed E-state index contributed by atoms with van der Waals surface area (Å²) in [6.07, 6.45) is -4.84. The van der Waals surface area contributed by atoms with Crippen LogP contribution < -0.4 is 14.8 Å². The number of nitrogens with zero attached hydrogens (tertiary/aromatic N) is 1. The van der Waals surface area contributed by atoms with Crippen LogP contribution in [0.3, 0.4) is 0 Å². The van der Waals surface area contributed by atoms with Gasteiger partial charge in [0.05, 0.1) is 0 Å². The molecule has 3 amide bonds. The van der Waals surface area contributed by atoms with E-state index in [4.69, 9.17) is 0 Å². The minimum absolute atomic E-state index is 0.0611. The number of para-hydroxylation sites is 1. The molecule has 1 unspecified atom stereocenters. The molecule has 4 rings (SSSR count). The van der Waals surface area contributed by atoms with Crippen LogP contribution in [0.25, 0.3) is 0 Å². The Hall–Kier alpha value is -3.61. The van der Waals surface area contributed by atoms with Crippen molar-refractivity contribution in [1.29, 1.82) is 0 Å². The summed E-state index contributed by atoms with van der Waals surface area (Å²) in [4.78, 5) is 36.9. The maximum absolute atomic E-state index is 12.9. The lowest BCUT2D eigenvalue weighted by Crippen LogP contribution is -2.52. The van der Waals surface area contributed by atoms with E-state index in [2.05, 4.69) is 14.8 Å². The predicted octanol–water partition coefficient (Wildman–Crippen LogP) is 2.15. The number of nitrogens with one attached hydrogen (secondary N) is 2. The van der Waals surface area contributed by atoms with Gasteiger partial charge in [-0.2, -0.15) is 0 Å². The molecule has 0 radical (unpaired) electrons. The zero-order valence-corrected chi connectivity index (χ0v) is 17.5. The van der Waals surface area contributed by atoms with Gasteiger partial charge in [0.2, 0.25) is 11.8 Å². The molecule has 1 atom stereocenters. The number of imide groups is 1. The van der Waals surface area contributed by atoms with Crippen LogP contribution in [0.2, 0.25) is 0 Å². The quantitative estimate of drug-likeness (QED) is 0.629.